The number of nitrogen functional groups attached to an aromatic ring is 2. The lowest BCUT2D eigenvalue weighted by Gasteiger charge is -2.18. The minimum atomic E-state index is -0.128. The van der Waals surface area contributed by atoms with Gasteiger partial charge in [0.2, 0.25) is 0 Å². The molecule has 0 saturated heterocycles. The SMILES string of the molecule is CC(=O)c1cn(-c2ncc3c(n2)-c2ccccc2CC3)nc1N.CC(=O)c1cnn(-c2ncc3c(n2)-c2ccccc2CC3)c1N.N. The van der Waals surface area contributed by atoms with E-state index in [0.29, 0.717) is 23.0 Å². The molecule has 236 valence electrons. The molecular formula is C34H33N11O2. The molecule has 13 heteroatoms. The van der Waals surface area contributed by atoms with Crippen LogP contribution in [-0.4, -0.2) is 51.1 Å². The van der Waals surface area contributed by atoms with Gasteiger partial charge in [-0.15, -0.1) is 5.10 Å². The Bertz CT molecular complexity index is 2150. The summed E-state index contributed by atoms with van der Waals surface area (Å²) in [5.74, 6) is 1.000. The van der Waals surface area contributed by atoms with Crippen molar-refractivity contribution in [3.8, 4) is 34.4 Å². The molecule has 4 aromatic heterocycles. The van der Waals surface area contributed by atoms with Gasteiger partial charge in [0.05, 0.1) is 28.7 Å². The van der Waals surface area contributed by atoms with Crippen LogP contribution in [0.2, 0.25) is 0 Å². The van der Waals surface area contributed by atoms with E-state index in [0.717, 1.165) is 59.3 Å². The van der Waals surface area contributed by atoms with E-state index in [1.54, 1.807) is 6.20 Å². The van der Waals surface area contributed by atoms with Crippen molar-refractivity contribution in [2.24, 2.45) is 0 Å². The van der Waals surface area contributed by atoms with Crippen LogP contribution >= 0.6 is 0 Å². The van der Waals surface area contributed by atoms with Crippen molar-refractivity contribution >= 4 is 23.2 Å². The van der Waals surface area contributed by atoms with Gasteiger partial charge < -0.3 is 17.6 Å². The summed E-state index contributed by atoms with van der Waals surface area (Å²) in [7, 11) is 0. The highest BCUT2D eigenvalue weighted by Gasteiger charge is 2.22. The number of nitrogens with zero attached hydrogens (tertiary/aromatic N) is 8. The molecule has 6 aromatic rings. The summed E-state index contributed by atoms with van der Waals surface area (Å²) in [5.41, 5.74) is 21.4. The van der Waals surface area contributed by atoms with Gasteiger partial charge in [-0.1, -0.05) is 48.5 Å². The zero-order chi connectivity index (χ0) is 31.9. The Hall–Kier alpha value is -6.08. The number of carbonyl (C=O) groups excluding carboxylic acids is 2. The molecule has 0 atom stereocenters. The predicted octanol–water partition coefficient (Wildman–Crippen LogP) is 4.59. The second-order valence-corrected chi connectivity index (χ2v) is 11.2. The molecule has 0 bridgehead atoms. The first-order valence-corrected chi connectivity index (χ1v) is 14.9. The Labute approximate surface area is 270 Å². The molecule has 0 spiro atoms. The number of hydrogen-bond donors (Lipinski definition) is 3. The van der Waals surface area contributed by atoms with Crippen molar-refractivity contribution < 1.29 is 9.59 Å². The average Bonchev–Trinajstić information content (AvgIpc) is 3.67. The van der Waals surface area contributed by atoms with Crippen LogP contribution in [0.1, 0.15) is 56.8 Å². The molecular weight excluding hydrogens is 594 g/mol. The molecule has 13 nitrogen and oxygen atoms in total. The number of anilines is 2. The van der Waals surface area contributed by atoms with Crippen LogP contribution < -0.4 is 17.6 Å². The fourth-order valence-electron chi connectivity index (χ4n) is 5.87. The molecule has 0 radical (unpaired) electrons. The third-order valence-electron chi connectivity index (χ3n) is 8.28. The molecule has 0 saturated carbocycles. The van der Waals surface area contributed by atoms with E-state index in [-0.39, 0.29) is 29.4 Å². The van der Waals surface area contributed by atoms with E-state index >= 15 is 0 Å². The number of carbonyl (C=O) groups is 2. The van der Waals surface area contributed by atoms with Crippen LogP contribution in [0.15, 0.2) is 73.3 Å². The summed E-state index contributed by atoms with van der Waals surface area (Å²) < 4.78 is 2.87. The van der Waals surface area contributed by atoms with Gasteiger partial charge in [0.15, 0.2) is 17.4 Å². The minimum absolute atomic E-state index is 0. The van der Waals surface area contributed by atoms with Crippen molar-refractivity contribution in [3.63, 3.8) is 0 Å². The molecule has 0 fully saturated rings. The smallest absolute Gasteiger partial charge is 0.253 e. The number of ketones is 2. The molecule has 7 N–H and O–H groups in total. The number of hydrogen-bond acceptors (Lipinski definition) is 11. The first-order valence-electron chi connectivity index (χ1n) is 14.9. The Morgan fingerprint density at radius 1 is 0.681 bits per heavy atom. The molecule has 4 heterocycles. The van der Waals surface area contributed by atoms with Crippen molar-refractivity contribution in [2.75, 3.05) is 11.5 Å². The van der Waals surface area contributed by atoms with Crippen LogP contribution in [0.4, 0.5) is 11.6 Å². The summed E-state index contributed by atoms with van der Waals surface area (Å²) >= 11 is 0. The van der Waals surface area contributed by atoms with Gasteiger partial charge in [0.1, 0.15) is 5.82 Å². The molecule has 2 aromatic carbocycles. The van der Waals surface area contributed by atoms with Gasteiger partial charge in [-0.3, -0.25) is 9.59 Å². The summed E-state index contributed by atoms with van der Waals surface area (Å²) in [6.45, 7) is 2.92. The second kappa shape index (κ2) is 12.4. The van der Waals surface area contributed by atoms with Crippen molar-refractivity contribution in [2.45, 2.75) is 39.5 Å². The van der Waals surface area contributed by atoms with Crippen LogP contribution in [0, 0.1) is 0 Å². The molecule has 2 aliphatic rings. The van der Waals surface area contributed by atoms with Gasteiger partial charge in [-0.05, 0) is 61.8 Å². The minimum Gasteiger partial charge on any atom is -0.383 e. The second-order valence-electron chi connectivity index (χ2n) is 11.2. The number of Topliss-reactive ketones (excluding diaryl/α,β-unsaturated/α-hetero) is 2. The highest BCUT2D eigenvalue weighted by Crippen LogP contribution is 2.33. The van der Waals surface area contributed by atoms with Gasteiger partial charge in [0, 0.05) is 29.7 Å². The molecule has 0 aliphatic heterocycles. The molecule has 0 amide bonds. The fraction of sp³-hybridized carbons (Fsp3) is 0.176. The lowest BCUT2D eigenvalue weighted by molar-refractivity contribution is 0.101. The Kier molecular flexibility index (Phi) is 8.14. The predicted molar refractivity (Wildman–Crippen MR) is 178 cm³/mol. The normalized spacial score (nSPS) is 12.3. The first kappa shape index (κ1) is 30.9. The zero-order valence-electron chi connectivity index (χ0n) is 26.0. The lowest BCUT2D eigenvalue weighted by atomic mass is 9.90. The quantitative estimate of drug-likeness (QED) is 0.230. The van der Waals surface area contributed by atoms with E-state index in [1.807, 2.05) is 36.7 Å². The van der Waals surface area contributed by atoms with E-state index in [2.05, 4.69) is 54.4 Å². The summed E-state index contributed by atoms with van der Waals surface area (Å²) in [6.07, 6.45) is 10.5. The maximum absolute atomic E-state index is 11.5. The van der Waals surface area contributed by atoms with Gasteiger partial charge in [-0.2, -0.15) is 9.78 Å². The van der Waals surface area contributed by atoms with Crippen LogP contribution in [-0.2, 0) is 25.7 Å². The van der Waals surface area contributed by atoms with Crippen LogP contribution in [0.25, 0.3) is 34.4 Å². The summed E-state index contributed by atoms with van der Waals surface area (Å²) in [6, 6.07) is 16.5. The number of benzene rings is 2. The number of rotatable bonds is 4. The van der Waals surface area contributed by atoms with E-state index in [1.165, 1.54) is 40.5 Å². The molecule has 47 heavy (non-hydrogen) atoms. The van der Waals surface area contributed by atoms with Gasteiger partial charge in [0.25, 0.3) is 11.9 Å². The summed E-state index contributed by atoms with van der Waals surface area (Å²) in [5, 5.41) is 8.31. The molecule has 0 unspecified atom stereocenters. The van der Waals surface area contributed by atoms with Crippen molar-refractivity contribution in [1.29, 1.82) is 0 Å². The maximum Gasteiger partial charge on any atom is 0.253 e. The molecule has 8 rings (SSSR count). The van der Waals surface area contributed by atoms with E-state index in [9.17, 15) is 9.59 Å². The van der Waals surface area contributed by atoms with Crippen LogP contribution in [0.5, 0.6) is 0 Å². The molecule has 2 aliphatic carbocycles. The summed E-state index contributed by atoms with van der Waals surface area (Å²) in [4.78, 5) is 41.1. The van der Waals surface area contributed by atoms with E-state index < -0.39 is 0 Å². The van der Waals surface area contributed by atoms with Gasteiger partial charge in [-0.25, -0.2) is 24.6 Å². The fourth-order valence-corrected chi connectivity index (χ4v) is 5.87. The highest BCUT2D eigenvalue weighted by atomic mass is 16.1. The lowest BCUT2D eigenvalue weighted by Crippen LogP contribution is -2.12. The highest BCUT2D eigenvalue weighted by molar-refractivity contribution is 5.98. The van der Waals surface area contributed by atoms with Crippen molar-refractivity contribution in [1.82, 2.24) is 45.6 Å². The monoisotopic (exact) mass is 627 g/mol. The standard InChI is InChI=1S/2C17H15N5O.H3N/c1-10(23)14-9-22(21-16(14)18)17-19-8-12-7-6-11-4-2-3-5-13(11)15(12)20-17;1-10(23)14-9-20-22(16(14)18)17-19-8-12-7-6-11-4-2-3-5-13(11)15(12)21-17;/h2-5,8-9H,6-7H2,1H3,(H2,18,21);2-5,8-9H,6-7,18H2,1H3;1H3. The average molecular weight is 628 g/mol. The van der Waals surface area contributed by atoms with E-state index in [4.69, 9.17) is 11.5 Å². The third-order valence-corrected chi connectivity index (χ3v) is 8.28. The zero-order valence-corrected chi connectivity index (χ0v) is 26.0. The largest absolute Gasteiger partial charge is 0.383 e. The topological polar surface area (TPSA) is 208 Å². The Morgan fingerprint density at radius 3 is 1.72 bits per heavy atom. The maximum atomic E-state index is 11.5. The van der Waals surface area contributed by atoms with Crippen molar-refractivity contribution in [3.05, 3.63) is 107 Å². The van der Waals surface area contributed by atoms with Gasteiger partial charge >= 0.3 is 0 Å². The number of nitrogens with two attached hydrogens (primary N) is 2. The number of fused-ring (bicyclic) bond motifs is 6. The number of aromatic nitrogens is 8. The van der Waals surface area contributed by atoms with Crippen LogP contribution in [0.3, 0.4) is 0 Å². The Morgan fingerprint density at radius 2 is 1.19 bits per heavy atom. The first-order chi connectivity index (χ1) is 22.3. The Balaban J connectivity index is 0.000000161. The number of aryl methyl sites for hydroxylation is 4. The third kappa shape index (κ3) is 5.64.